The minimum atomic E-state index is -0.782. The molecule has 4 rings (SSSR count). The molecule has 2 atom stereocenters. The van der Waals surface area contributed by atoms with Crippen LogP contribution < -0.4 is 20.1 Å². The summed E-state index contributed by atoms with van der Waals surface area (Å²) in [6.45, 7) is 6.84. The Balaban J connectivity index is 1.31. The van der Waals surface area contributed by atoms with Crippen molar-refractivity contribution in [3.8, 4) is 17.4 Å². The van der Waals surface area contributed by atoms with Crippen molar-refractivity contribution in [1.29, 1.82) is 0 Å². The van der Waals surface area contributed by atoms with Gasteiger partial charge in [-0.2, -0.15) is 0 Å². The zero-order valence-corrected chi connectivity index (χ0v) is 20.9. The maximum atomic E-state index is 12.4. The van der Waals surface area contributed by atoms with Crippen LogP contribution >= 0.6 is 0 Å². The van der Waals surface area contributed by atoms with Crippen molar-refractivity contribution in [2.24, 2.45) is 0 Å². The summed E-state index contributed by atoms with van der Waals surface area (Å²) in [5, 5.41) is 5.22. The van der Waals surface area contributed by atoms with Gasteiger partial charge in [0.05, 0.1) is 11.9 Å². The lowest BCUT2D eigenvalue weighted by atomic mass is 9.97. The van der Waals surface area contributed by atoms with Crippen molar-refractivity contribution in [2.75, 3.05) is 5.32 Å². The zero-order valence-electron chi connectivity index (χ0n) is 20.9. The number of benzene rings is 2. The van der Waals surface area contributed by atoms with Crippen molar-refractivity contribution >= 4 is 17.7 Å². The molecule has 2 N–H and O–H groups in total. The number of carbonyl (C=O) groups excluding carboxylic acids is 2. The van der Waals surface area contributed by atoms with E-state index in [1.165, 1.54) is 11.8 Å². The van der Waals surface area contributed by atoms with Gasteiger partial charge < -0.3 is 24.8 Å². The molecule has 2 heterocycles. The van der Waals surface area contributed by atoms with Crippen molar-refractivity contribution < 1.29 is 23.8 Å². The van der Waals surface area contributed by atoms with Gasteiger partial charge in [-0.25, -0.2) is 9.78 Å². The Morgan fingerprint density at radius 2 is 1.86 bits per heavy atom. The molecule has 8 nitrogen and oxygen atoms in total. The first kappa shape index (κ1) is 25.0. The molecule has 2 aromatic carbocycles. The van der Waals surface area contributed by atoms with E-state index in [1.54, 1.807) is 39.8 Å². The number of anilines is 1. The average Bonchev–Trinajstić information content (AvgIpc) is 2.84. The Labute approximate surface area is 211 Å². The van der Waals surface area contributed by atoms with E-state index in [2.05, 4.69) is 27.8 Å². The molecule has 1 aromatic heterocycles. The van der Waals surface area contributed by atoms with Crippen LogP contribution in [-0.2, 0) is 16.0 Å². The third-order valence-corrected chi connectivity index (χ3v) is 5.50. The van der Waals surface area contributed by atoms with Gasteiger partial charge in [-0.1, -0.05) is 30.3 Å². The van der Waals surface area contributed by atoms with Crippen molar-refractivity contribution in [3.63, 3.8) is 0 Å². The fourth-order valence-electron chi connectivity index (χ4n) is 3.77. The summed E-state index contributed by atoms with van der Waals surface area (Å²) in [6.07, 6.45) is 2.68. The fraction of sp³-hybridized carbons (Fsp3) is 0.321. The van der Waals surface area contributed by atoms with Crippen LogP contribution in [0.1, 0.15) is 51.3 Å². The number of pyridine rings is 1. The zero-order chi connectivity index (χ0) is 25.7. The highest BCUT2D eigenvalue weighted by molar-refractivity contribution is 5.96. The average molecular weight is 490 g/mol. The Hall–Kier alpha value is -4.07. The molecule has 3 aromatic rings. The van der Waals surface area contributed by atoms with Crippen molar-refractivity contribution in [3.05, 3.63) is 78.0 Å². The van der Waals surface area contributed by atoms with Crippen molar-refractivity contribution in [2.45, 2.75) is 58.3 Å². The topological polar surface area (TPSA) is 98.8 Å². The van der Waals surface area contributed by atoms with Gasteiger partial charge >= 0.3 is 6.09 Å². The molecule has 0 saturated heterocycles. The van der Waals surface area contributed by atoms with Crippen LogP contribution in [0, 0.1) is 0 Å². The number of hydrogen-bond donors (Lipinski definition) is 2. The maximum absolute atomic E-state index is 12.4. The molecule has 1 aliphatic rings. The van der Waals surface area contributed by atoms with Crippen LogP contribution in [-0.4, -0.2) is 28.6 Å². The Bertz CT molecular complexity index is 1210. The lowest BCUT2D eigenvalue weighted by Gasteiger charge is -2.26. The van der Waals surface area contributed by atoms with E-state index < -0.39 is 17.7 Å². The first-order chi connectivity index (χ1) is 17.2. The fourth-order valence-corrected chi connectivity index (χ4v) is 3.77. The van der Waals surface area contributed by atoms with Gasteiger partial charge in [0.15, 0.2) is 0 Å². The number of nitrogens with one attached hydrogen (secondary N) is 2. The summed E-state index contributed by atoms with van der Waals surface area (Å²) in [7, 11) is 0. The van der Waals surface area contributed by atoms with E-state index in [4.69, 9.17) is 14.2 Å². The summed E-state index contributed by atoms with van der Waals surface area (Å²) in [4.78, 5) is 28.5. The standard InChI is InChI=1S/C28H31N3O5/c1-18(30-27(33)36-28(2,3)4)26(32)31-21-11-15-25(29-17-21)34-22-12-14-24-20(16-22)10-13-23(35-24)19-8-6-5-7-9-19/h5-9,11-12,14-18,23H,10,13H2,1-4H3,(H,30,33)(H,31,32)/t18-,23?/m1/s1. The predicted molar refractivity (Wildman–Crippen MR) is 136 cm³/mol. The highest BCUT2D eigenvalue weighted by atomic mass is 16.6. The first-order valence-corrected chi connectivity index (χ1v) is 11.9. The monoisotopic (exact) mass is 489 g/mol. The summed E-state index contributed by atoms with van der Waals surface area (Å²) in [5.74, 6) is 1.53. The van der Waals surface area contributed by atoms with Gasteiger partial charge in [-0.3, -0.25) is 4.79 Å². The Morgan fingerprint density at radius 1 is 1.08 bits per heavy atom. The third kappa shape index (κ3) is 6.75. The smallest absolute Gasteiger partial charge is 0.408 e. The van der Waals surface area contributed by atoms with Gasteiger partial charge in [0.25, 0.3) is 0 Å². The quantitative estimate of drug-likeness (QED) is 0.455. The molecule has 0 spiro atoms. The SMILES string of the molecule is C[C@@H](NC(=O)OC(C)(C)C)C(=O)Nc1ccc(Oc2ccc3c(c2)CCC(c2ccccc2)O3)nc1. The van der Waals surface area contributed by atoms with Gasteiger partial charge in [-0.05, 0) is 75.9 Å². The predicted octanol–water partition coefficient (Wildman–Crippen LogP) is 5.79. The molecule has 188 valence electrons. The molecule has 0 radical (unpaired) electrons. The molecule has 36 heavy (non-hydrogen) atoms. The molecule has 0 fully saturated rings. The Morgan fingerprint density at radius 3 is 2.56 bits per heavy atom. The van der Waals surface area contributed by atoms with Crippen molar-refractivity contribution in [1.82, 2.24) is 10.3 Å². The maximum Gasteiger partial charge on any atom is 0.408 e. The number of amides is 2. The second kappa shape index (κ2) is 10.7. The lowest BCUT2D eigenvalue weighted by Crippen LogP contribution is -2.43. The summed E-state index contributed by atoms with van der Waals surface area (Å²) in [5.41, 5.74) is 2.11. The van der Waals surface area contributed by atoms with Crippen LogP contribution in [0.25, 0.3) is 0 Å². The van der Waals surface area contributed by atoms with Gasteiger partial charge in [0.2, 0.25) is 11.8 Å². The normalized spacial score (nSPS) is 15.6. The number of rotatable bonds is 6. The number of hydrogen-bond acceptors (Lipinski definition) is 6. The number of nitrogens with zero attached hydrogens (tertiary/aromatic N) is 1. The molecule has 1 aliphatic heterocycles. The molecule has 0 aliphatic carbocycles. The van der Waals surface area contributed by atoms with Gasteiger partial charge in [0.1, 0.15) is 29.2 Å². The third-order valence-electron chi connectivity index (χ3n) is 5.50. The molecule has 0 bridgehead atoms. The van der Waals surface area contributed by atoms with E-state index in [0.717, 1.165) is 24.2 Å². The molecular weight excluding hydrogens is 458 g/mol. The molecule has 0 saturated carbocycles. The minimum Gasteiger partial charge on any atom is -0.485 e. The van der Waals surface area contributed by atoms with Crippen LogP contribution in [0.2, 0.25) is 0 Å². The summed E-state index contributed by atoms with van der Waals surface area (Å²) < 4.78 is 17.3. The number of alkyl carbamates (subject to hydrolysis) is 1. The number of aromatic nitrogens is 1. The molecule has 8 heteroatoms. The molecule has 1 unspecified atom stereocenters. The highest BCUT2D eigenvalue weighted by Gasteiger charge is 2.23. The van der Waals surface area contributed by atoms with E-state index in [9.17, 15) is 9.59 Å². The van der Waals surface area contributed by atoms with Crippen LogP contribution in [0.5, 0.6) is 17.4 Å². The van der Waals surface area contributed by atoms with E-state index in [0.29, 0.717) is 17.3 Å². The highest BCUT2D eigenvalue weighted by Crippen LogP contribution is 2.37. The van der Waals surface area contributed by atoms with Crippen LogP contribution in [0.15, 0.2) is 66.9 Å². The number of fused-ring (bicyclic) bond motifs is 1. The van der Waals surface area contributed by atoms with Crippen LogP contribution in [0.4, 0.5) is 10.5 Å². The first-order valence-electron chi connectivity index (χ1n) is 11.9. The number of ether oxygens (including phenoxy) is 3. The number of carbonyl (C=O) groups is 2. The number of aryl methyl sites for hydroxylation is 1. The lowest BCUT2D eigenvalue weighted by molar-refractivity contribution is -0.117. The second-order valence-electron chi connectivity index (χ2n) is 9.67. The minimum absolute atomic E-state index is 0.0527. The van der Waals surface area contributed by atoms with E-state index in [-0.39, 0.29) is 12.0 Å². The molecule has 2 amide bonds. The van der Waals surface area contributed by atoms with Gasteiger partial charge in [-0.15, -0.1) is 0 Å². The van der Waals surface area contributed by atoms with Gasteiger partial charge in [0, 0.05) is 6.07 Å². The second-order valence-corrected chi connectivity index (χ2v) is 9.67. The molecular formula is C28H31N3O5. The summed E-state index contributed by atoms with van der Waals surface area (Å²) >= 11 is 0. The summed E-state index contributed by atoms with van der Waals surface area (Å²) in [6, 6.07) is 18.5. The Kier molecular flexibility index (Phi) is 7.43. The largest absolute Gasteiger partial charge is 0.485 e. The van der Waals surface area contributed by atoms with E-state index >= 15 is 0 Å². The van der Waals surface area contributed by atoms with E-state index in [1.807, 2.05) is 36.4 Å². The van der Waals surface area contributed by atoms with Crippen LogP contribution in [0.3, 0.4) is 0 Å².